The van der Waals surface area contributed by atoms with E-state index >= 15 is 0 Å². The van der Waals surface area contributed by atoms with E-state index in [-0.39, 0.29) is 29.7 Å². The predicted octanol–water partition coefficient (Wildman–Crippen LogP) is 5.47. The molecule has 2 aromatic heterocycles. The van der Waals surface area contributed by atoms with E-state index in [4.69, 9.17) is 4.74 Å². The smallest absolute Gasteiger partial charge is 0.308 e. The van der Waals surface area contributed by atoms with Crippen LogP contribution in [0.4, 0.5) is 4.39 Å². The van der Waals surface area contributed by atoms with Crippen LogP contribution in [0, 0.1) is 17.7 Å². The number of methoxy groups -OCH3 is 1. The molecular weight excluding hydrogens is 457 g/mol. The molecule has 0 radical (unpaired) electrons. The number of carbonyl (C=O) groups is 2. The molecule has 1 unspecified atom stereocenters. The lowest BCUT2D eigenvalue weighted by Crippen LogP contribution is -2.40. The third-order valence-corrected chi connectivity index (χ3v) is 7.45. The summed E-state index contributed by atoms with van der Waals surface area (Å²) in [5.41, 5.74) is 2.85. The molecule has 1 saturated carbocycles. The van der Waals surface area contributed by atoms with Gasteiger partial charge in [0.25, 0.3) is 5.91 Å². The van der Waals surface area contributed by atoms with Crippen molar-refractivity contribution in [2.75, 3.05) is 7.11 Å². The van der Waals surface area contributed by atoms with Gasteiger partial charge in [-0.1, -0.05) is 18.2 Å². The number of halogens is 1. The third-order valence-electron chi connectivity index (χ3n) is 7.45. The van der Waals surface area contributed by atoms with E-state index in [1.807, 2.05) is 54.1 Å². The lowest BCUT2D eigenvalue weighted by molar-refractivity contribution is -0.146. The first kappa shape index (κ1) is 24.0. The number of aromatic nitrogens is 2. The number of nitrogens with one attached hydrogen (secondary N) is 1. The summed E-state index contributed by atoms with van der Waals surface area (Å²) in [4.78, 5) is 29.9. The molecule has 6 nitrogen and oxygen atoms in total. The quantitative estimate of drug-likeness (QED) is 0.366. The Labute approximate surface area is 209 Å². The van der Waals surface area contributed by atoms with Crippen LogP contribution in [0.25, 0.3) is 21.8 Å². The fourth-order valence-electron chi connectivity index (χ4n) is 5.40. The lowest BCUT2D eigenvalue weighted by atomic mass is 9.79. The number of fused-ring (bicyclic) bond motifs is 2. The second-order valence-corrected chi connectivity index (χ2v) is 9.72. The number of carbonyl (C=O) groups excluding carboxylic acids is 2. The molecular formula is C29H30FN3O3. The normalized spacial score (nSPS) is 18.8. The molecule has 0 bridgehead atoms. The van der Waals surface area contributed by atoms with Crippen molar-refractivity contribution in [3.63, 3.8) is 0 Å². The van der Waals surface area contributed by atoms with E-state index in [0.29, 0.717) is 23.5 Å². The highest BCUT2D eigenvalue weighted by Gasteiger charge is 2.30. The predicted molar refractivity (Wildman–Crippen MR) is 137 cm³/mol. The zero-order valence-corrected chi connectivity index (χ0v) is 20.5. The van der Waals surface area contributed by atoms with Crippen molar-refractivity contribution in [2.45, 2.75) is 45.2 Å². The van der Waals surface area contributed by atoms with Gasteiger partial charge in [-0.25, -0.2) is 4.39 Å². The Morgan fingerprint density at radius 3 is 2.64 bits per heavy atom. The zero-order chi connectivity index (χ0) is 25.2. The maximum atomic E-state index is 13.7. The van der Waals surface area contributed by atoms with Crippen molar-refractivity contribution < 1.29 is 18.7 Å². The fourth-order valence-corrected chi connectivity index (χ4v) is 5.40. The number of hydrogen-bond acceptors (Lipinski definition) is 4. The number of amides is 1. The summed E-state index contributed by atoms with van der Waals surface area (Å²) >= 11 is 0. The van der Waals surface area contributed by atoms with E-state index in [9.17, 15) is 14.0 Å². The standard InChI is InChI=1S/C29H30FN3O3/c1-18(19-6-8-22(9-7-19)29(35)36-2)31-28(34)25-5-3-4-21-14-15-33(27(21)25)17-24-13-11-20-10-12-23(30)16-26(20)32-24/h3-5,10-16,18-19,22H,6-9,17H2,1-2H3,(H,31,34). The number of ether oxygens (including phenoxy) is 1. The molecule has 1 N–H and O–H groups in total. The first-order valence-electron chi connectivity index (χ1n) is 12.4. The molecule has 1 aliphatic rings. The molecule has 2 heterocycles. The maximum Gasteiger partial charge on any atom is 0.308 e. The van der Waals surface area contributed by atoms with E-state index in [1.54, 1.807) is 6.07 Å². The molecule has 0 spiro atoms. The van der Waals surface area contributed by atoms with Crippen molar-refractivity contribution >= 4 is 33.7 Å². The van der Waals surface area contributed by atoms with Gasteiger partial charge in [-0.05, 0) is 68.9 Å². The third kappa shape index (κ3) is 4.83. The van der Waals surface area contributed by atoms with Crippen LogP contribution < -0.4 is 5.32 Å². The van der Waals surface area contributed by atoms with Crippen LogP contribution in [0.15, 0.2) is 60.8 Å². The van der Waals surface area contributed by atoms with E-state index in [2.05, 4.69) is 10.3 Å². The van der Waals surface area contributed by atoms with Crippen LogP contribution in [0.5, 0.6) is 0 Å². The van der Waals surface area contributed by atoms with E-state index in [0.717, 1.165) is 47.7 Å². The van der Waals surface area contributed by atoms with Crippen LogP contribution in [-0.4, -0.2) is 34.6 Å². The van der Waals surface area contributed by atoms with Crippen molar-refractivity contribution in [2.24, 2.45) is 11.8 Å². The summed E-state index contributed by atoms with van der Waals surface area (Å²) < 4.78 is 20.6. The van der Waals surface area contributed by atoms with Crippen LogP contribution in [-0.2, 0) is 16.1 Å². The molecule has 1 aliphatic carbocycles. The average molecular weight is 488 g/mol. The second kappa shape index (κ2) is 10.1. The van der Waals surface area contributed by atoms with Gasteiger partial charge >= 0.3 is 5.97 Å². The van der Waals surface area contributed by atoms with Gasteiger partial charge in [0.05, 0.1) is 41.9 Å². The highest BCUT2D eigenvalue weighted by atomic mass is 19.1. The lowest BCUT2D eigenvalue weighted by Gasteiger charge is -2.31. The largest absolute Gasteiger partial charge is 0.469 e. The van der Waals surface area contributed by atoms with Gasteiger partial charge in [0.1, 0.15) is 5.82 Å². The highest BCUT2D eigenvalue weighted by Crippen LogP contribution is 2.32. The van der Waals surface area contributed by atoms with Crippen LogP contribution in [0.2, 0.25) is 0 Å². The van der Waals surface area contributed by atoms with Gasteiger partial charge in [0.2, 0.25) is 0 Å². The summed E-state index contributed by atoms with van der Waals surface area (Å²) in [6, 6.07) is 16.2. The molecule has 0 aliphatic heterocycles. The monoisotopic (exact) mass is 487 g/mol. The van der Waals surface area contributed by atoms with Gasteiger partial charge in [0.15, 0.2) is 0 Å². The molecule has 2 aromatic carbocycles. The Bertz CT molecular complexity index is 1420. The molecule has 4 aromatic rings. The van der Waals surface area contributed by atoms with Crippen LogP contribution in [0.1, 0.15) is 48.7 Å². The Morgan fingerprint density at radius 1 is 1.08 bits per heavy atom. The van der Waals surface area contributed by atoms with Crippen LogP contribution >= 0.6 is 0 Å². The van der Waals surface area contributed by atoms with Crippen molar-refractivity contribution in [1.82, 2.24) is 14.9 Å². The summed E-state index contributed by atoms with van der Waals surface area (Å²) in [6.07, 6.45) is 5.31. The highest BCUT2D eigenvalue weighted by molar-refractivity contribution is 6.06. The second-order valence-electron chi connectivity index (χ2n) is 9.72. The zero-order valence-electron chi connectivity index (χ0n) is 20.5. The summed E-state index contributed by atoms with van der Waals surface area (Å²) in [5, 5.41) is 5.06. The first-order chi connectivity index (χ1) is 17.4. The molecule has 36 heavy (non-hydrogen) atoms. The van der Waals surface area contributed by atoms with Gasteiger partial charge in [-0.3, -0.25) is 14.6 Å². The Hall–Kier alpha value is -3.74. The summed E-state index contributed by atoms with van der Waals surface area (Å²) in [5.74, 6) is -0.278. The fraction of sp³-hybridized carbons (Fsp3) is 0.345. The Morgan fingerprint density at radius 2 is 1.86 bits per heavy atom. The Kier molecular flexibility index (Phi) is 6.72. The molecule has 7 heteroatoms. The number of benzene rings is 2. The van der Waals surface area contributed by atoms with Gasteiger partial charge in [-0.15, -0.1) is 0 Å². The Balaban J connectivity index is 1.34. The number of para-hydroxylation sites is 1. The number of nitrogens with zero attached hydrogens (tertiary/aromatic N) is 2. The molecule has 5 rings (SSSR count). The molecule has 0 saturated heterocycles. The van der Waals surface area contributed by atoms with E-state index < -0.39 is 0 Å². The minimum absolute atomic E-state index is 0.00758. The number of pyridine rings is 1. The van der Waals surface area contributed by atoms with Crippen LogP contribution in [0.3, 0.4) is 0 Å². The number of hydrogen-bond donors (Lipinski definition) is 1. The van der Waals surface area contributed by atoms with E-state index in [1.165, 1.54) is 19.2 Å². The summed E-state index contributed by atoms with van der Waals surface area (Å²) in [7, 11) is 1.43. The van der Waals surface area contributed by atoms with Crippen molar-refractivity contribution in [1.29, 1.82) is 0 Å². The van der Waals surface area contributed by atoms with Crippen molar-refractivity contribution in [3.05, 3.63) is 77.9 Å². The maximum absolute atomic E-state index is 13.7. The van der Waals surface area contributed by atoms with Gasteiger partial charge in [0, 0.05) is 29.1 Å². The molecule has 186 valence electrons. The number of esters is 1. The van der Waals surface area contributed by atoms with Gasteiger partial charge < -0.3 is 14.6 Å². The number of rotatable bonds is 6. The molecule has 1 amide bonds. The van der Waals surface area contributed by atoms with Gasteiger partial charge in [-0.2, -0.15) is 0 Å². The topological polar surface area (TPSA) is 73.2 Å². The SMILES string of the molecule is COC(=O)C1CCC(C(C)NC(=O)c2cccc3ccn(Cc4ccc5ccc(F)cc5n4)c23)CC1. The average Bonchev–Trinajstić information content (AvgIpc) is 3.30. The minimum atomic E-state index is -0.314. The first-order valence-corrected chi connectivity index (χ1v) is 12.4. The molecule has 1 atom stereocenters. The molecule has 1 fully saturated rings. The summed E-state index contributed by atoms with van der Waals surface area (Å²) in [6.45, 7) is 2.51. The minimum Gasteiger partial charge on any atom is -0.469 e. The van der Waals surface area contributed by atoms with Crippen molar-refractivity contribution in [3.8, 4) is 0 Å².